The molecule has 24 heavy (non-hydrogen) atoms. The second-order valence-corrected chi connectivity index (χ2v) is 7.35. The molecule has 1 aliphatic carbocycles. The van der Waals surface area contributed by atoms with Gasteiger partial charge >= 0.3 is 0 Å². The fourth-order valence-corrected chi connectivity index (χ4v) is 4.07. The zero-order valence-electron chi connectivity index (χ0n) is 14.6. The summed E-state index contributed by atoms with van der Waals surface area (Å²) in [5.74, 6) is 0.823. The number of hydrogen-bond acceptors (Lipinski definition) is 3. The van der Waals surface area contributed by atoms with Gasteiger partial charge in [-0.25, -0.2) is 0 Å². The van der Waals surface area contributed by atoms with Crippen LogP contribution in [0.2, 0.25) is 0 Å². The third-order valence-corrected chi connectivity index (χ3v) is 5.36. The molecule has 0 unspecified atom stereocenters. The molecule has 2 aromatic rings. The molecule has 0 radical (unpaired) electrons. The van der Waals surface area contributed by atoms with E-state index in [-0.39, 0.29) is 5.92 Å². The van der Waals surface area contributed by atoms with Crippen molar-refractivity contribution in [1.82, 2.24) is 24.5 Å². The molecule has 1 amide bonds. The quantitative estimate of drug-likeness (QED) is 0.868. The van der Waals surface area contributed by atoms with Crippen molar-refractivity contribution in [3.05, 3.63) is 35.4 Å². The van der Waals surface area contributed by atoms with E-state index in [0.717, 1.165) is 38.0 Å². The minimum Gasteiger partial charge on any atom is -0.340 e. The first-order valence-electron chi connectivity index (χ1n) is 8.83. The summed E-state index contributed by atoms with van der Waals surface area (Å²) in [5, 5.41) is 8.85. The van der Waals surface area contributed by atoms with Crippen molar-refractivity contribution in [2.45, 2.75) is 45.1 Å². The van der Waals surface area contributed by atoms with Gasteiger partial charge in [-0.1, -0.05) is 0 Å². The highest BCUT2D eigenvalue weighted by Crippen LogP contribution is 2.48. The van der Waals surface area contributed by atoms with E-state index in [0.29, 0.717) is 17.9 Å². The summed E-state index contributed by atoms with van der Waals surface area (Å²) in [5.41, 5.74) is 3.43. The molecular weight excluding hydrogens is 302 g/mol. The van der Waals surface area contributed by atoms with Crippen molar-refractivity contribution in [1.29, 1.82) is 0 Å². The van der Waals surface area contributed by atoms with Crippen LogP contribution in [0.3, 0.4) is 0 Å². The number of aromatic nitrogens is 4. The average molecular weight is 327 g/mol. The minimum absolute atomic E-state index is 0.147. The molecule has 0 spiro atoms. The molecular formula is C18H25N5O. The second-order valence-electron chi connectivity index (χ2n) is 7.35. The number of carbonyl (C=O) groups is 1. The third-order valence-electron chi connectivity index (χ3n) is 5.36. The van der Waals surface area contributed by atoms with Crippen molar-refractivity contribution in [3.63, 3.8) is 0 Å². The molecule has 1 saturated heterocycles. The van der Waals surface area contributed by atoms with Gasteiger partial charge in [0, 0.05) is 37.9 Å². The van der Waals surface area contributed by atoms with Crippen LogP contribution in [0.5, 0.6) is 0 Å². The number of nitrogens with zero attached hydrogens (tertiary/aromatic N) is 5. The standard InChI is InChI=1S/C18H25N5O/c1-12-7-13(2)23(20-12)15-5-4-6-22(11-15)18(24)17-8-16(17)14-9-19-21(3)10-14/h7,9-10,15-17H,4-6,8,11H2,1-3H3/t15-,16+,17+/m1/s1. The first-order valence-corrected chi connectivity index (χ1v) is 8.83. The van der Waals surface area contributed by atoms with E-state index in [4.69, 9.17) is 0 Å². The van der Waals surface area contributed by atoms with Gasteiger partial charge in [-0.2, -0.15) is 10.2 Å². The van der Waals surface area contributed by atoms with Gasteiger partial charge in [0.2, 0.25) is 5.91 Å². The van der Waals surface area contributed by atoms with Crippen LogP contribution in [0.25, 0.3) is 0 Å². The van der Waals surface area contributed by atoms with Crippen LogP contribution in [0.15, 0.2) is 18.5 Å². The lowest BCUT2D eigenvalue weighted by molar-refractivity contribution is -0.134. The van der Waals surface area contributed by atoms with Gasteiger partial charge in [0.05, 0.1) is 17.9 Å². The van der Waals surface area contributed by atoms with E-state index in [2.05, 4.69) is 32.8 Å². The first kappa shape index (κ1) is 15.4. The van der Waals surface area contributed by atoms with E-state index >= 15 is 0 Å². The first-order chi connectivity index (χ1) is 11.5. The van der Waals surface area contributed by atoms with E-state index in [1.807, 2.05) is 31.0 Å². The summed E-state index contributed by atoms with van der Waals surface area (Å²) in [6, 6.07) is 2.42. The Morgan fingerprint density at radius 1 is 1.33 bits per heavy atom. The molecule has 2 fully saturated rings. The Labute approximate surface area is 142 Å². The summed E-state index contributed by atoms with van der Waals surface area (Å²) < 4.78 is 3.93. The Kier molecular flexibility index (Phi) is 3.70. The molecule has 3 heterocycles. The summed E-state index contributed by atoms with van der Waals surface area (Å²) in [4.78, 5) is 14.9. The highest BCUT2D eigenvalue weighted by atomic mass is 16.2. The summed E-state index contributed by atoms with van der Waals surface area (Å²) in [6.45, 7) is 5.79. The summed E-state index contributed by atoms with van der Waals surface area (Å²) in [7, 11) is 1.92. The summed E-state index contributed by atoms with van der Waals surface area (Å²) >= 11 is 0. The molecule has 2 aliphatic rings. The largest absolute Gasteiger partial charge is 0.340 e. The van der Waals surface area contributed by atoms with Crippen LogP contribution in [-0.4, -0.2) is 43.5 Å². The van der Waals surface area contributed by atoms with Gasteiger partial charge in [0.25, 0.3) is 0 Å². The monoisotopic (exact) mass is 327 g/mol. The van der Waals surface area contributed by atoms with E-state index in [1.165, 1.54) is 11.3 Å². The number of carbonyl (C=O) groups excluding carboxylic acids is 1. The number of amides is 1. The van der Waals surface area contributed by atoms with Gasteiger partial charge in [0.1, 0.15) is 0 Å². The van der Waals surface area contributed by atoms with E-state index in [1.54, 1.807) is 0 Å². The van der Waals surface area contributed by atoms with Crippen LogP contribution in [0.4, 0.5) is 0 Å². The fraction of sp³-hybridized carbons (Fsp3) is 0.611. The van der Waals surface area contributed by atoms with E-state index in [9.17, 15) is 4.79 Å². The zero-order valence-corrected chi connectivity index (χ0v) is 14.6. The maximum absolute atomic E-state index is 12.9. The average Bonchev–Trinajstić information content (AvgIpc) is 3.13. The number of hydrogen-bond donors (Lipinski definition) is 0. The maximum Gasteiger partial charge on any atom is 0.226 e. The smallest absolute Gasteiger partial charge is 0.226 e. The number of rotatable bonds is 3. The number of aryl methyl sites for hydroxylation is 3. The molecule has 4 rings (SSSR count). The Morgan fingerprint density at radius 3 is 2.83 bits per heavy atom. The number of likely N-dealkylation sites (tertiary alicyclic amines) is 1. The lowest BCUT2D eigenvalue weighted by Gasteiger charge is -2.33. The maximum atomic E-state index is 12.9. The Balaban J connectivity index is 1.43. The predicted molar refractivity (Wildman–Crippen MR) is 90.6 cm³/mol. The third kappa shape index (κ3) is 2.74. The van der Waals surface area contributed by atoms with E-state index < -0.39 is 0 Å². The van der Waals surface area contributed by atoms with Crippen molar-refractivity contribution in [2.24, 2.45) is 13.0 Å². The molecule has 1 saturated carbocycles. The predicted octanol–water partition coefficient (Wildman–Crippen LogP) is 2.20. The molecule has 6 heteroatoms. The number of piperidine rings is 1. The zero-order chi connectivity index (χ0) is 16.8. The van der Waals surface area contributed by atoms with Crippen molar-refractivity contribution < 1.29 is 4.79 Å². The summed E-state index contributed by atoms with van der Waals surface area (Å²) in [6.07, 6.45) is 7.05. The Hall–Kier alpha value is -2.11. The molecule has 1 aliphatic heterocycles. The van der Waals surface area contributed by atoms with Gasteiger partial charge in [-0.3, -0.25) is 14.2 Å². The molecule has 0 N–H and O–H groups in total. The molecule has 0 aromatic carbocycles. The lowest BCUT2D eigenvalue weighted by atomic mass is 10.0. The highest BCUT2D eigenvalue weighted by Gasteiger charge is 2.47. The van der Waals surface area contributed by atoms with Crippen LogP contribution in [0.1, 0.15) is 48.2 Å². The molecule has 2 aromatic heterocycles. The molecule has 128 valence electrons. The topological polar surface area (TPSA) is 56.0 Å². The fourth-order valence-electron chi connectivity index (χ4n) is 4.07. The van der Waals surface area contributed by atoms with Crippen molar-refractivity contribution in [2.75, 3.05) is 13.1 Å². The molecule has 6 nitrogen and oxygen atoms in total. The Bertz CT molecular complexity index is 761. The molecule has 0 bridgehead atoms. The van der Waals surface area contributed by atoms with Crippen molar-refractivity contribution >= 4 is 5.91 Å². The minimum atomic E-state index is 0.147. The van der Waals surface area contributed by atoms with Crippen LogP contribution >= 0.6 is 0 Å². The highest BCUT2D eigenvalue weighted by molar-refractivity contribution is 5.83. The van der Waals surface area contributed by atoms with Crippen molar-refractivity contribution in [3.8, 4) is 0 Å². The van der Waals surface area contributed by atoms with Gasteiger partial charge in [-0.05, 0) is 50.7 Å². The SMILES string of the molecule is Cc1cc(C)n([C@@H]2CCCN(C(=O)[C@H]3C[C@H]3c3cnn(C)c3)C2)n1. The van der Waals surface area contributed by atoms with Gasteiger partial charge < -0.3 is 4.90 Å². The van der Waals surface area contributed by atoms with Gasteiger partial charge in [0.15, 0.2) is 0 Å². The Morgan fingerprint density at radius 2 is 2.17 bits per heavy atom. The lowest BCUT2D eigenvalue weighted by Crippen LogP contribution is -2.42. The normalized spacial score (nSPS) is 26.6. The van der Waals surface area contributed by atoms with Crippen LogP contribution in [0, 0.1) is 19.8 Å². The van der Waals surface area contributed by atoms with Crippen LogP contribution < -0.4 is 0 Å². The van der Waals surface area contributed by atoms with Crippen LogP contribution in [-0.2, 0) is 11.8 Å². The second kappa shape index (κ2) is 5.76. The molecule has 3 atom stereocenters. The van der Waals surface area contributed by atoms with Gasteiger partial charge in [-0.15, -0.1) is 0 Å².